The Balaban J connectivity index is 2.91. The Morgan fingerprint density at radius 3 is 2.40 bits per heavy atom. The number of alkyl halides is 3. The van der Waals surface area contributed by atoms with Crippen LogP contribution in [0.5, 0.6) is 0 Å². The van der Waals surface area contributed by atoms with Gasteiger partial charge in [-0.1, -0.05) is 0 Å². The second-order valence-corrected chi connectivity index (χ2v) is 3.87. The van der Waals surface area contributed by atoms with E-state index in [2.05, 4.69) is 5.32 Å². The maximum atomic E-state index is 12.7. The van der Waals surface area contributed by atoms with Crippen molar-refractivity contribution in [2.45, 2.75) is 12.6 Å². The quantitative estimate of drug-likeness (QED) is 0.470. The molecule has 9 heteroatoms. The second-order valence-electron chi connectivity index (χ2n) is 3.87. The van der Waals surface area contributed by atoms with Gasteiger partial charge in [0, 0.05) is 18.5 Å². The number of carbonyl (C=O) groups excluding carboxylic acids is 2. The minimum absolute atomic E-state index is 0.0492. The number of nitrogens with two attached hydrogens (primary N) is 2. The van der Waals surface area contributed by atoms with Gasteiger partial charge in [-0.05, 0) is 18.2 Å². The summed E-state index contributed by atoms with van der Waals surface area (Å²) in [6.07, 6.45) is -4.74. The first-order valence-electron chi connectivity index (χ1n) is 5.50. The lowest BCUT2D eigenvalue weighted by molar-refractivity contribution is -0.137. The van der Waals surface area contributed by atoms with Crippen LogP contribution in [0, 0.1) is 0 Å². The zero-order valence-electron chi connectivity index (χ0n) is 10.3. The molecule has 1 aromatic carbocycles. The summed E-state index contributed by atoms with van der Waals surface area (Å²) in [7, 11) is 0. The Kier molecular flexibility index (Phi) is 4.92. The minimum Gasteiger partial charge on any atom is -0.370 e. The van der Waals surface area contributed by atoms with Crippen LogP contribution in [0.15, 0.2) is 18.2 Å². The van der Waals surface area contributed by atoms with Crippen molar-refractivity contribution in [3.8, 4) is 0 Å². The predicted octanol–water partition coefficient (Wildman–Crippen LogP) is 0.596. The van der Waals surface area contributed by atoms with E-state index in [1.807, 2.05) is 5.43 Å². The monoisotopic (exact) mass is 290 g/mol. The molecule has 1 aromatic rings. The van der Waals surface area contributed by atoms with Gasteiger partial charge in [0.2, 0.25) is 5.91 Å². The summed E-state index contributed by atoms with van der Waals surface area (Å²) < 4.78 is 38.2. The first-order chi connectivity index (χ1) is 9.25. The van der Waals surface area contributed by atoms with Crippen molar-refractivity contribution >= 4 is 17.5 Å². The molecule has 0 bridgehead atoms. The third kappa shape index (κ3) is 4.12. The molecule has 0 aliphatic heterocycles. The molecule has 0 aliphatic rings. The van der Waals surface area contributed by atoms with Crippen LogP contribution in [0.3, 0.4) is 0 Å². The number of hydrogen-bond donors (Lipinski definition) is 4. The highest BCUT2D eigenvalue weighted by Gasteiger charge is 2.34. The fraction of sp³-hybridized carbons (Fsp3) is 0.273. The summed E-state index contributed by atoms with van der Waals surface area (Å²) in [5.41, 5.74) is 5.20. The van der Waals surface area contributed by atoms with Gasteiger partial charge in [0.15, 0.2) is 0 Å². The van der Waals surface area contributed by atoms with Gasteiger partial charge in [-0.2, -0.15) is 13.2 Å². The smallest absolute Gasteiger partial charge is 0.370 e. The van der Waals surface area contributed by atoms with E-state index in [4.69, 9.17) is 11.6 Å². The number of hydrazine groups is 1. The topological polar surface area (TPSA) is 110 Å². The Labute approximate surface area is 112 Å². The molecule has 0 saturated heterocycles. The van der Waals surface area contributed by atoms with Crippen LogP contribution in [0.25, 0.3) is 0 Å². The normalized spacial score (nSPS) is 11.0. The van der Waals surface area contributed by atoms with E-state index in [1.165, 1.54) is 6.07 Å². The molecule has 0 unspecified atom stereocenters. The molecule has 2 amide bonds. The van der Waals surface area contributed by atoms with Gasteiger partial charge in [-0.25, -0.2) is 0 Å². The lowest BCUT2D eigenvalue weighted by atomic mass is 10.1. The molecular weight excluding hydrogens is 277 g/mol. The highest BCUT2D eigenvalue weighted by molar-refractivity contribution is 5.95. The number of hydrogen-bond acceptors (Lipinski definition) is 4. The van der Waals surface area contributed by atoms with Crippen molar-refractivity contribution in [1.29, 1.82) is 0 Å². The summed E-state index contributed by atoms with van der Waals surface area (Å²) >= 11 is 0. The third-order valence-electron chi connectivity index (χ3n) is 2.40. The van der Waals surface area contributed by atoms with Gasteiger partial charge in [0.1, 0.15) is 0 Å². The van der Waals surface area contributed by atoms with Crippen LogP contribution in [0.1, 0.15) is 22.3 Å². The van der Waals surface area contributed by atoms with Crippen LogP contribution in [0.4, 0.5) is 18.9 Å². The Morgan fingerprint density at radius 1 is 1.25 bits per heavy atom. The number of anilines is 1. The predicted molar refractivity (Wildman–Crippen MR) is 65.4 cm³/mol. The highest BCUT2D eigenvalue weighted by atomic mass is 19.4. The van der Waals surface area contributed by atoms with Crippen LogP contribution >= 0.6 is 0 Å². The van der Waals surface area contributed by atoms with E-state index in [9.17, 15) is 22.8 Å². The van der Waals surface area contributed by atoms with Gasteiger partial charge >= 0.3 is 6.18 Å². The minimum atomic E-state index is -4.65. The molecule has 0 atom stereocenters. The third-order valence-corrected chi connectivity index (χ3v) is 2.40. The second kappa shape index (κ2) is 6.24. The van der Waals surface area contributed by atoms with Gasteiger partial charge in [-0.15, -0.1) is 0 Å². The zero-order chi connectivity index (χ0) is 15.3. The molecular formula is C11H13F3N4O2. The maximum Gasteiger partial charge on any atom is 0.418 e. The van der Waals surface area contributed by atoms with Crippen LogP contribution in [-0.4, -0.2) is 18.4 Å². The number of benzene rings is 1. The average Bonchev–Trinajstić information content (AvgIpc) is 2.36. The van der Waals surface area contributed by atoms with E-state index in [0.717, 1.165) is 6.07 Å². The Hall–Kier alpha value is -2.29. The van der Waals surface area contributed by atoms with Gasteiger partial charge in [0.25, 0.3) is 5.91 Å². The number of nitrogens with one attached hydrogen (secondary N) is 2. The number of rotatable bonds is 5. The van der Waals surface area contributed by atoms with Gasteiger partial charge in [0.05, 0.1) is 11.3 Å². The molecule has 0 heterocycles. The van der Waals surface area contributed by atoms with Gasteiger partial charge < -0.3 is 16.5 Å². The Morgan fingerprint density at radius 2 is 1.90 bits per heavy atom. The van der Waals surface area contributed by atoms with E-state index in [-0.39, 0.29) is 24.2 Å². The van der Waals surface area contributed by atoms with Crippen molar-refractivity contribution in [1.82, 2.24) is 5.32 Å². The Bertz CT molecular complexity index is 517. The fourth-order valence-corrected chi connectivity index (χ4v) is 1.45. The van der Waals surface area contributed by atoms with Crippen molar-refractivity contribution in [2.24, 2.45) is 11.6 Å². The number of primary amides is 1. The summed E-state index contributed by atoms with van der Waals surface area (Å²) in [4.78, 5) is 22.1. The molecule has 0 fully saturated rings. The van der Waals surface area contributed by atoms with Crippen LogP contribution < -0.4 is 22.3 Å². The van der Waals surface area contributed by atoms with Crippen molar-refractivity contribution < 1.29 is 22.8 Å². The number of carbonyl (C=O) groups is 2. The first-order valence-corrected chi connectivity index (χ1v) is 5.50. The number of halogens is 3. The average molecular weight is 290 g/mol. The lowest BCUT2D eigenvalue weighted by Crippen LogP contribution is -2.28. The molecule has 110 valence electrons. The number of amides is 2. The fourth-order valence-electron chi connectivity index (χ4n) is 1.45. The summed E-state index contributed by atoms with van der Waals surface area (Å²) in [5.74, 6) is 3.63. The maximum absolute atomic E-state index is 12.7. The molecule has 20 heavy (non-hydrogen) atoms. The van der Waals surface area contributed by atoms with Crippen molar-refractivity contribution in [3.63, 3.8) is 0 Å². The largest absolute Gasteiger partial charge is 0.418 e. The zero-order valence-corrected chi connectivity index (χ0v) is 10.3. The van der Waals surface area contributed by atoms with E-state index in [0.29, 0.717) is 6.07 Å². The molecule has 6 N–H and O–H groups in total. The summed E-state index contributed by atoms with van der Waals surface area (Å²) in [6.45, 7) is -0.0492. The highest BCUT2D eigenvalue weighted by Crippen LogP contribution is 2.35. The molecule has 0 aromatic heterocycles. The van der Waals surface area contributed by atoms with E-state index < -0.39 is 23.6 Å². The summed E-state index contributed by atoms with van der Waals surface area (Å²) in [5, 5.41) is 2.29. The van der Waals surface area contributed by atoms with E-state index >= 15 is 0 Å². The van der Waals surface area contributed by atoms with Crippen molar-refractivity contribution in [2.75, 3.05) is 12.0 Å². The SMILES string of the molecule is NNc1ccc(C(=O)NCCC(N)=O)cc1C(F)(F)F. The van der Waals surface area contributed by atoms with Crippen LogP contribution in [0.2, 0.25) is 0 Å². The van der Waals surface area contributed by atoms with Gasteiger partial charge in [-0.3, -0.25) is 15.4 Å². The molecule has 1 rings (SSSR count). The standard InChI is InChI=1S/C11H13F3N4O2/c12-11(13,14)7-5-6(1-2-8(7)18-16)10(20)17-4-3-9(15)19/h1-2,5,18H,3-4,16H2,(H2,15,19)(H,17,20). The number of nitrogen functional groups attached to an aromatic ring is 1. The lowest BCUT2D eigenvalue weighted by Gasteiger charge is -2.13. The van der Waals surface area contributed by atoms with Crippen molar-refractivity contribution in [3.05, 3.63) is 29.3 Å². The first kappa shape index (κ1) is 15.8. The van der Waals surface area contributed by atoms with Crippen LogP contribution in [-0.2, 0) is 11.0 Å². The van der Waals surface area contributed by atoms with E-state index in [1.54, 1.807) is 0 Å². The molecule has 0 spiro atoms. The molecule has 0 aliphatic carbocycles. The molecule has 6 nitrogen and oxygen atoms in total. The molecule has 0 radical (unpaired) electrons. The molecule has 0 saturated carbocycles. The summed E-state index contributed by atoms with van der Waals surface area (Å²) in [6, 6.07) is 2.91.